The van der Waals surface area contributed by atoms with Crippen LogP contribution in [0.2, 0.25) is 0 Å². The molecule has 2 aromatic carbocycles. The second-order valence-electron chi connectivity index (χ2n) is 7.21. The molecular formula is C22H25N3O. The van der Waals surface area contributed by atoms with E-state index in [9.17, 15) is 5.11 Å². The van der Waals surface area contributed by atoms with Gasteiger partial charge in [0.2, 0.25) is 0 Å². The lowest BCUT2D eigenvalue weighted by atomic mass is 9.97. The molecule has 0 bridgehead atoms. The summed E-state index contributed by atoms with van der Waals surface area (Å²) in [6.45, 7) is 3.15. The van der Waals surface area contributed by atoms with E-state index < -0.39 is 0 Å². The number of rotatable bonds is 4. The zero-order valence-corrected chi connectivity index (χ0v) is 14.9. The van der Waals surface area contributed by atoms with Crippen molar-refractivity contribution >= 4 is 10.8 Å². The minimum atomic E-state index is 0.0500. The molecule has 3 aromatic rings. The van der Waals surface area contributed by atoms with Crippen LogP contribution in [0.4, 0.5) is 0 Å². The summed E-state index contributed by atoms with van der Waals surface area (Å²) in [5.74, 6) is 0. The van der Waals surface area contributed by atoms with Gasteiger partial charge in [-0.1, -0.05) is 30.3 Å². The predicted octanol–water partition coefficient (Wildman–Crippen LogP) is 3.32. The van der Waals surface area contributed by atoms with Gasteiger partial charge in [-0.2, -0.15) is 0 Å². The molecule has 0 unspecified atom stereocenters. The van der Waals surface area contributed by atoms with Crippen LogP contribution in [0.1, 0.15) is 24.0 Å². The number of nitrogens with zero attached hydrogens (tertiary/aromatic N) is 2. The Morgan fingerprint density at radius 3 is 2.69 bits per heavy atom. The molecule has 0 atom stereocenters. The van der Waals surface area contributed by atoms with Crippen molar-refractivity contribution in [3.05, 3.63) is 66.0 Å². The van der Waals surface area contributed by atoms with Gasteiger partial charge in [-0.15, -0.1) is 0 Å². The highest BCUT2D eigenvalue weighted by atomic mass is 16.3. The van der Waals surface area contributed by atoms with E-state index in [1.807, 2.05) is 30.6 Å². The maximum absolute atomic E-state index is 9.44. The lowest BCUT2D eigenvalue weighted by Gasteiger charge is -2.30. The van der Waals surface area contributed by atoms with Gasteiger partial charge >= 0.3 is 0 Å². The highest BCUT2D eigenvalue weighted by Crippen LogP contribution is 2.29. The zero-order chi connectivity index (χ0) is 17.9. The Bertz CT molecular complexity index is 901. The van der Waals surface area contributed by atoms with Crippen LogP contribution in [-0.2, 0) is 13.2 Å². The second-order valence-corrected chi connectivity index (χ2v) is 7.21. The van der Waals surface area contributed by atoms with Gasteiger partial charge in [0.25, 0.3) is 0 Å². The molecule has 1 saturated heterocycles. The average molecular weight is 347 g/mol. The first-order valence-corrected chi connectivity index (χ1v) is 9.27. The van der Waals surface area contributed by atoms with Crippen LogP contribution in [0.3, 0.4) is 0 Å². The first kappa shape index (κ1) is 17.2. The topological polar surface area (TPSA) is 62.4 Å². The monoisotopic (exact) mass is 347 g/mol. The highest BCUT2D eigenvalue weighted by Gasteiger charge is 2.16. The number of pyridine rings is 1. The van der Waals surface area contributed by atoms with E-state index in [-0.39, 0.29) is 6.61 Å². The van der Waals surface area contributed by atoms with E-state index in [1.165, 1.54) is 10.9 Å². The van der Waals surface area contributed by atoms with Gasteiger partial charge in [0, 0.05) is 35.9 Å². The van der Waals surface area contributed by atoms with Gasteiger partial charge in [0.15, 0.2) is 0 Å². The van der Waals surface area contributed by atoms with Crippen molar-refractivity contribution in [1.29, 1.82) is 0 Å². The van der Waals surface area contributed by atoms with E-state index in [1.54, 1.807) is 0 Å². The minimum absolute atomic E-state index is 0.0500. The third-order valence-corrected chi connectivity index (χ3v) is 5.28. The Morgan fingerprint density at radius 2 is 1.88 bits per heavy atom. The van der Waals surface area contributed by atoms with Gasteiger partial charge in [-0.05, 0) is 60.1 Å². The SMILES string of the molecule is NC1CCN(Cc2ccc3cncc(-c4cccc(CO)c4)c3c2)CC1. The lowest BCUT2D eigenvalue weighted by molar-refractivity contribution is 0.206. The number of hydrogen-bond acceptors (Lipinski definition) is 4. The van der Waals surface area contributed by atoms with Crippen LogP contribution in [0.5, 0.6) is 0 Å². The Hall–Kier alpha value is -2.27. The summed E-state index contributed by atoms with van der Waals surface area (Å²) in [7, 11) is 0. The molecule has 0 spiro atoms. The molecular weight excluding hydrogens is 322 g/mol. The van der Waals surface area contributed by atoms with Crippen LogP contribution >= 0.6 is 0 Å². The van der Waals surface area contributed by atoms with Crippen molar-refractivity contribution in [2.75, 3.05) is 13.1 Å². The molecule has 0 saturated carbocycles. The lowest BCUT2D eigenvalue weighted by Crippen LogP contribution is -2.39. The smallest absolute Gasteiger partial charge is 0.0682 e. The van der Waals surface area contributed by atoms with Crippen LogP contribution < -0.4 is 5.73 Å². The molecule has 4 nitrogen and oxygen atoms in total. The van der Waals surface area contributed by atoms with Crippen molar-refractivity contribution in [3.8, 4) is 11.1 Å². The Kier molecular flexibility index (Phi) is 4.98. The normalized spacial score (nSPS) is 16.2. The molecule has 1 aliphatic rings. The summed E-state index contributed by atoms with van der Waals surface area (Å²) in [5, 5.41) is 11.8. The van der Waals surface area contributed by atoms with Crippen LogP contribution in [0, 0.1) is 0 Å². The van der Waals surface area contributed by atoms with Gasteiger partial charge in [-0.3, -0.25) is 9.88 Å². The number of aliphatic hydroxyl groups is 1. The van der Waals surface area contributed by atoms with Crippen LogP contribution in [-0.4, -0.2) is 34.1 Å². The molecule has 2 heterocycles. The number of likely N-dealkylation sites (tertiary alicyclic amines) is 1. The maximum Gasteiger partial charge on any atom is 0.0682 e. The highest BCUT2D eigenvalue weighted by molar-refractivity contribution is 5.96. The number of nitrogens with two attached hydrogens (primary N) is 1. The molecule has 4 rings (SSSR count). The van der Waals surface area contributed by atoms with Gasteiger partial charge < -0.3 is 10.8 Å². The Balaban J connectivity index is 1.68. The molecule has 3 N–H and O–H groups in total. The van der Waals surface area contributed by atoms with Crippen molar-refractivity contribution < 1.29 is 5.11 Å². The number of aliphatic hydroxyl groups excluding tert-OH is 1. The van der Waals surface area contributed by atoms with E-state index >= 15 is 0 Å². The van der Waals surface area contributed by atoms with E-state index in [0.29, 0.717) is 6.04 Å². The van der Waals surface area contributed by atoms with E-state index in [4.69, 9.17) is 5.73 Å². The quantitative estimate of drug-likeness (QED) is 0.760. The van der Waals surface area contributed by atoms with E-state index in [0.717, 1.165) is 54.6 Å². The van der Waals surface area contributed by atoms with Gasteiger partial charge in [-0.25, -0.2) is 0 Å². The number of piperidine rings is 1. The Morgan fingerprint density at radius 1 is 1.04 bits per heavy atom. The molecule has 0 radical (unpaired) electrons. The third kappa shape index (κ3) is 3.63. The number of aromatic nitrogens is 1. The number of benzene rings is 2. The van der Waals surface area contributed by atoms with E-state index in [2.05, 4.69) is 34.1 Å². The fourth-order valence-corrected chi connectivity index (χ4v) is 3.75. The van der Waals surface area contributed by atoms with Gasteiger partial charge in [0.1, 0.15) is 0 Å². The first-order valence-electron chi connectivity index (χ1n) is 9.27. The summed E-state index contributed by atoms with van der Waals surface area (Å²) in [6.07, 6.45) is 5.99. The fraction of sp³-hybridized carbons (Fsp3) is 0.318. The fourth-order valence-electron chi connectivity index (χ4n) is 3.75. The third-order valence-electron chi connectivity index (χ3n) is 5.28. The molecule has 134 valence electrons. The summed E-state index contributed by atoms with van der Waals surface area (Å²) in [4.78, 5) is 6.90. The maximum atomic E-state index is 9.44. The van der Waals surface area contributed by atoms with Crippen LogP contribution in [0.25, 0.3) is 21.9 Å². The van der Waals surface area contributed by atoms with Crippen LogP contribution in [0.15, 0.2) is 54.9 Å². The Labute approximate surface area is 154 Å². The summed E-state index contributed by atoms with van der Waals surface area (Å²) < 4.78 is 0. The molecule has 0 aliphatic carbocycles. The molecule has 26 heavy (non-hydrogen) atoms. The van der Waals surface area contributed by atoms with Crippen molar-refractivity contribution in [1.82, 2.24) is 9.88 Å². The second kappa shape index (κ2) is 7.54. The van der Waals surface area contributed by atoms with Crippen molar-refractivity contribution in [2.24, 2.45) is 5.73 Å². The summed E-state index contributed by atoms with van der Waals surface area (Å²) >= 11 is 0. The van der Waals surface area contributed by atoms with Gasteiger partial charge in [0.05, 0.1) is 6.61 Å². The predicted molar refractivity (Wildman–Crippen MR) is 106 cm³/mol. The number of fused-ring (bicyclic) bond motifs is 1. The molecule has 1 aliphatic heterocycles. The van der Waals surface area contributed by atoms with Crippen molar-refractivity contribution in [2.45, 2.75) is 32.0 Å². The first-order chi connectivity index (χ1) is 12.7. The molecule has 1 aromatic heterocycles. The minimum Gasteiger partial charge on any atom is -0.392 e. The average Bonchev–Trinajstić information content (AvgIpc) is 2.69. The largest absolute Gasteiger partial charge is 0.392 e. The number of hydrogen-bond donors (Lipinski definition) is 2. The molecule has 0 amide bonds. The molecule has 4 heteroatoms. The standard InChI is InChI=1S/C22H25N3O/c23-20-6-8-25(9-7-20)14-16-4-5-19-12-24-13-22(21(19)11-16)18-3-1-2-17(10-18)15-26/h1-5,10-13,20,26H,6-9,14-15,23H2. The molecule has 1 fully saturated rings. The van der Waals surface area contributed by atoms with Crippen molar-refractivity contribution in [3.63, 3.8) is 0 Å². The summed E-state index contributed by atoms with van der Waals surface area (Å²) in [6, 6.07) is 15.0. The summed E-state index contributed by atoms with van der Waals surface area (Å²) in [5.41, 5.74) is 10.5. The zero-order valence-electron chi connectivity index (χ0n) is 14.9.